The fraction of sp³-hybridized carbons (Fsp3) is 0.364. The highest BCUT2D eigenvalue weighted by atomic mass is 16.3. The lowest BCUT2D eigenvalue weighted by Crippen LogP contribution is -2.10. The first kappa shape index (κ1) is 8.00. The first-order valence-corrected chi connectivity index (χ1v) is 4.80. The molecule has 0 bridgehead atoms. The fourth-order valence-electron chi connectivity index (χ4n) is 1.76. The van der Waals surface area contributed by atoms with Gasteiger partial charge in [0.2, 0.25) is 0 Å². The Morgan fingerprint density at radius 1 is 1.43 bits per heavy atom. The van der Waals surface area contributed by atoms with Crippen LogP contribution in [-0.2, 0) is 6.42 Å². The van der Waals surface area contributed by atoms with Gasteiger partial charge in [-0.2, -0.15) is 0 Å². The van der Waals surface area contributed by atoms with Gasteiger partial charge >= 0.3 is 0 Å². The second-order valence-corrected chi connectivity index (χ2v) is 4.02. The molecular weight excluding hydrogens is 178 g/mol. The van der Waals surface area contributed by atoms with Crippen LogP contribution in [0.15, 0.2) is 29.0 Å². The SMILES string of the molecule is OC1(Cc2cccc3ocnc23)CC1. The van der Waals surface area contributed by atoms with E-state index < -0.39 is 5.60 Å². The summed E-state index contributed by atoms with van der Waals surface area (Å²) in [7, 11) is 0. The molecule has 1 fully saturated rings. The van der Waals surface area contributed by atoms with Gasteiger partial charge in [0.05, 0.1) is 5.60 Å². The van der Waals surface area contributed by atoms with Gasteiger partial charge in [0, 0.05) is 6.42 Å². The lowest BCUT2D eigenvalue weighted by atomic mass is 10.1. The van der Waals surface area contributed by atoms with Gasteiger partial charge in [-0.25, -0.2) is 4.98 Å². The van der Waals surface area contributed by atoms with Crippen LogP contribution in [-0.4, -0.2) is 15.7 Å². The Hall–Kier alpha value is -1.35. The standard InChI is InChI=1S/C11H11NO2/c13-11(4-5-11)6-8-2-1-3-9-10(8)12-7-14-9/h1-3,7,13H,4-6H2. The zero-order valence-corrected chi connectivity index (χ0v) is 7.73. The summed E-state index contributed by atoms with van der Waals surface area (Å²) in [6, 6.07) is 5.83. The molecule has 0 saturated heterocycles. The molecule has 0 spiro atoms. The van der Waals surface area contributed by atoms with Gasteiger partial charge in [-0.1, -0.05) is 12.1 Å². The van der Waals surface area contributed by atoms with Crippen LogP contribution in [0.25, 0.3) is 11.1 Å². The quantitative estimate of drug-likeness (QED) is 0.784. The van der Waals surface area contributed by atoms with Gasteiger partial charge < -0.3 is 9.52 Å². The van der Waals surface area contributed by atoms with Gasteiger partial charge in [-0.3, -0.25) is 0 Å². The molecule has 0 aliphatic heterocycles. The Labute approximate surface area is 81.4 Å². The van der Waals surface area contributed by atoms with Crippen molar-refractivity contribution >= 4 is 11.1 Å². The maximum absolute atomic E-state index is 9.82. The van der Waals surface area contributed by atoms with Crippen molar-refractivity contribution in [3.8, 4) is 0 Å². The summed E-state index contributed by atoms with van der Waals surface area (Å²) in [6.45, 7) is 0. The highest BCUT2D eigenvalue weighted by molar-refractivity contribution is 5.76. The van der Waals surface area contributed by atoms with Crippen LogP contribution in [0, 0.1) is 0 Å². The molecule has 3 nitrogen and oxygen atoms in total. The zero-order chi connectivity index (χ0) is 9.60. The molecule has 3 heteroatoms. The van der Waals surface area contributed by atoms with E-state index in [1.807, 2.05) is 18.2 Å². The second-order valence-electron chi connectivity index (χ2n) is 4.02. The normalized spacial score (nSPS) is 18.6. The van der Waals surface area contributed by atoms with Crippen LogP contribution in [0.2, 0.25) is 0 Å². The highest BCUT2D eigenvalue weighted by Crippen LogP contribution is 2.39. The van der Waals surface area contributed by atoms with Crippen LogP contribution < -0.4 is 0 Å². The smallest absolute Gasteiger partial charge is 0.181 e. The minimum Gasteiger partial charge on any atom is -0.443 e. The number of hydrogen-bond donors (Lipinski definition) is 1. The van der Waals surface area contributed by atoms with E-state index in [0.29, 0.717) is 6.42 Å². The van der Waals surface area contributed by atoms with Gasteiger partial charge in [0.15, 0.2) is 12.0 Å². The minimum absolute atomic E-state index is 0.465. The Kier molecular flexibility index (Phi) is 1.47. The molecule has 0 atom stereocenters. The van der Waals surface area contributed by atoms with Gasteiger partial charge in [-0.15, -0.1) is 0 Å². The van der Waals surface area contributed by atoms with E-state index in [-0.39, 0.29) is 0 Å². The Bertz CT molecular complexity index is 471. The molecule has 1 heterocycles. The van der Waals surface area contributed by atoms with E-state index in [0.717, 1.165) is 29.5 Å². The molecule has 1 aromatic heterocycles. The maximum Gasteiger partial charge on any atom is 0.181 e. The van der Waals surface area contributed by atoms with E-state index in [4.69, 9.17) is 4.42 Å². The van der Waals surface area contributed by atoms with Crippen molar-refractivity contribution in [3.63, 3.8) is 0 Å². The molecule has 2 aromatic rings. The summed E-state index contributed by atoms with van der Waals surface area (Å²) in [4.78, 5) is 4.15. The van der Waals surface area contributed by atoms with Gasteiger partial charge in [-0.05, 0) is 24.5 Å². The first-order chi connectivity index (χ1) is 6.77. The molecule has 0 radical (unpaired) electrons. The summed E-state index contributed by atoms with van der Waals surface area (Å²) in [6.07, 6.45) is 3.95. The molecule has 72 valence electrons. The minimum atomic E-state index is -0.465. The fourth-order valence-corrected chi connectivity index (χ4v) is 1.76. The van der Waals surface area contributed by atoms with Crippen LogP contribution in [0.4, 0.5) is 0 Å². The monoisotopic (exact) mass is 189 g/mol. The average molecular weight is 189 g/mol. The highest BCUT2D eigenvalue weighted by Gasteiger charge is 2.40. The molecule has 0 unspecified atom stereocenters. The Morgan fingerprint density at radius 3 is 3.07 bits per heavy atom. The molecule has 0 amide bonds. The third-order valence-electron chi connectivity index (χ3n) is 2.79. The first-order valence-electron chi connectivity index (χ1n) is 4.80. The van der Waals surface area contributed by atoms with Crippen molar-refractivity contribution in [2.75, 3.05) is 0 Å². The summed E-state index contributed by atoms with van der Waals surface area (Å²) >= 11 is 0. The molecule has 1 aromatic carbocycles. The van der Waals surface area contributed by atoms with Gasteiger partial charge in [0.25, 0.3) is 0 Å². The van der Waals surface area contributed by atoms with Crippen LogP contribution in [0.1, 0.15) is 18.4 Å². The van der Waals surface area contributed by atoms with Crippen molar-refractivity contribution in [2.24, 2.45) is 0 Å². The summed E-state index contributed by atoms with van der Waals surface area (Å²) < 4.78 is 5.20. The van der Waals surface area contributed by atoms with Gasteiger partial charge in [0.1, 0.15) is 5.52 Å². The largest absolute Gasteiger partial charge is 0.443 e. The Balaban J connectivity index is 2.06. The number of para-hydroxylation sites is 1. The topological polar surface area (TPSA) is 46.3 Å². The number of nitrogens with zero attached hydrogens (tertiary/aromatic N) is 1. The lowest BCUT2D eigenvalue weighted by molar-refractivity contribution is 0.151. The number of aromatic nitrogens is 1. The van der Waals surface area contributed by atoms with Crippen molar-refractivity contribution in [2.45, 2.75) is 24.9 Å². The second kappa shape index (κ2) is 2.58. The number of benzene rings is 1. The Morgan fingerprint density at radius 2 is 2.29 bits per heavy atom. The number of oxazole rings is 1. The molecule has 1 saturated carbocycles. The van der Waals surface area contributed by atoms with Crippen LogP contribution >= 0.6 is 0 Å². The van der Waals surface area contributed by atoms with Crippen LogP contribution in [0.3, 0.4) is 0 Å². The maximum atomic E-state index is 9.82. The summed E-state index contributed by atoms with van der Waals surface area (Å²) in [5.41, 5.74) is 2.29. The van der Waals surface area contributed by atoms with E-state index in [1.54, 1.807) is 0 Å². The third-order valence-corrected chi connectivity index (χ3v) is 2.79. The van der Waals surface area contributed by atoms with E-state index >= 15 is 0 Å². The third kappa shape index (κ3) is 1.21. The lowest BCUT2D eigenvalue weighted by Gasteiger charge is -2.06. The van der Waals surface area contributed by atoms with E-state index in [2.05, 4.69) is 4.98 Å². The molecule has 1 N–H and O–H groups in total. The summed E-state index contributed by atoms with van der Waals surface area (Å²) in [5, 5.41) is 9.82. The number of hydrogen-bond acceptors (Lipinski definition) is 3. The average Bonchev–Trinajstić information content (AvgIpc) is 2.73. The van der Waals surface area contributed by atoms with Crippen molar-refractivity contribution in [1.82, 2.24) is 4.98 Å². The number of rotatable bonds is 2. The summed E-state index contributed by atoms with van der Waals surface area (Å²) in [5.74, 6) is 0. The molecular formula is C11H11NO2. The van der Waals surface area contributed by atoms with Crippen molar-refractivity contribution in [3.05, 3.63) is 30.2 Å². The van der Waals surface area contributed by atoms with E-state index in [1.165, 1.54) is 6.39 Å². The number of fused-ring (bicyclic) bond motifs is 1. The van der Waals surface area contributed by atoms with E-state index in [9.17, 15) is 5.11 Å². The predicted octanol–water partition coefficient (Wildman–Crippen LogP) is 1.90. The molecule has 14 heavy (non-hydrogen) atoms. The predicted molar refractivity (Wildman–Crippen MR) is 51.9 cm³/mol. The molecule has 1 aliphatic rings. The zero-order valence-electron chi connectivity index (χ0n) is 7.73. The van der Waals surface area contributed by atoms with Crippen molar-refractivity contribution in [1.29, 1.82) is 0 Å². The number of aliphatic hydroxyl groups is 1. The van der Waals surface area contributed by atoms with Crippen LogP contribution in [0.5, 0.6) is 0 Å². The van der Waals surface area contributed by atoms with Crippen molar-refractivity contribution < 1.29 is 9.52 Å². The molecule has 1 aliphatic carbocycles. The molecule has 3 rings (SSSR count).